The highest BCUT2D eigenvalue weighted by Crippen LogP contribution is 2.35. The SMILES string of the molecule is CCCC(CCC)Oc1nc(CC)c(-c2ccc(OC)cc2OC)nc1CC. The summed E-state index contributed by atoms with van der Waals surface area (Å²) in [4.78, 5) is 9.85. The van der Waals surface area contributed by atoms with Crippen molar-refractivity contribution in [3.05, 3.63) is 29.6 Å². The maximum atomic E-state index is 6.32. The second kappa shape index (κ2) is 10.9. The van der Waals surface area contributed by atoms with E-state index in [0.717, 1.165) is 72.7 Å². The van der Waals surface area contributed by atoms with Gasteiger partial charge in [-0.15, -0.1) is 0 Å². The minimum absolute atomic E-state index is 0.195. The van der Waals surface area contributed by atoms with Gasteiger partial charge < -0.3 is 14.2 Å². The summed E-state index contributed by atoms with van der Waals surface area (Å²) in [7, 11) is 3.31. The molecule has 2 aromatic rings. The molecule has 154 valence electrons. The van der Waals surface area contributed by atoms with Gasteiger partial charge in [0, 0.05) is 11.6 Å². The van der Waals surface area contributed by atoms with Gasteiger partial charge in [0.1, 0.15) is 23.3 Å². The lowest BCUT2D eigenvalue weighted by molar-refractivity contribution is 0.168. The van der Waals surface area contributed by atoms with Gasteiger partial charge in [0.2, 0.25) is 5.88 Å². The van der Waals surface area contributed by atoms with Crippen LogP contribution in [-0.4, -0.2) is 30.3 Å². The Bertz CT molecular complexity index is 756. The second-order valence-electron chi connectivity index (χ2n) is 6.86. The average molecular weight is 387 g/mol. The van der Waals surface area contributed by atoms with Crippen molar-refractivity contribution in [2.24, 2.45) is 0 Å². The van der Waals surface area contributed by atoms with Crippen molar-refractivity contribution in [1.82, 2.24) is 9.97 Å². The monoisotopic (exact) mass is 386 g/mol. The molecule has 0 aliphatic carbocycles. The third-order valence-corrected chi connectivity index (χ3v) is 4.84. The van der Waals surface area contributed by atoms with Crippen LogP contribution in [0, 0.1) is 0 Å². The van der Waals surface area contributed by atoms with Gasteiger partial charge in [0.05, 0.1) is 25.6 Å². The Kier molecular flexibility index (Phi) is 8.55. The second-order valence-corrected chi connectivity index (χ2v) is 6.86. The van der Waals surface area contributed by atoms with Crippen LogP contribution >= 0.6 is 0 Å². The van der Waals surface area contributed by atoms with Crippen LogP contribution in [-0.2, 0) is 12.8 Å². The maximum Gasteiger partial charge on any atom is 0.236 e. The lowest BCUT2D eigenvalue weighted by atomic mass is 10.1. The van der Waals surface area contributed by atoms with Crippen LogP contribution in [0.15, 0.2) is 18.2 Å². The largest absolute Gasteiger partial charge is 0.497 e. The molecule has 0 amide bonds. The van der Waals surface area contributed by atoms with E-state index in [1.807, 2.05) is 18.2 Å². The Morgan fingerprint density at radius 1 is 0.857 bits per heavy atom. The fourth-order valence-corrected chi connectivity index (χ4v) is 3.33. The first kappa shape index (κ1) is 22.0. The Morgan fingerprint density at radius 2 is 1.54 bits per heavy atom. The van der Waals surface area contributed by atoms with E-state index < -0.39 is 0 Å². The molecule has 0 aliphatic rings. The molecule has 0 saturated heterocycles. The molecule has 5 nitrogen and oxygen atoms in total. The van der Waals surface area contributed by atoms with Crippen LogP contribution in [0.2, 0.25) is 0 Å². The third kappa shape index (κ3) is 5.15. The van der Waals surface area contributed by atoms with Crippen LogP contribution in [0.3, 0.4) is 0 Å². The van der Waals surface area contributed by atoms with E-state index in [1.165, 1.54) is 0 Å². The first-order valence-electron chi connectivity index (χ1n) is 10.4. The predicted molar refractivity (Wildman–Crippen MR) is 114 cm³/mol. The van der Waals surface area contributed by atoms with Crippen molar-refractivity contribution in [1.29, 1.82) is 0 Å². The number of aryl methyl sites for hydroxylation is 2. The first-order valence-corrected chi connectivity index (χ1v) is 10.4. The normalized spacial score (nSPS) is 11.0. The van der Waals surface area contributed by atoms with E-state index in [4.69, 9.17) is 24.2 Å². The molecule has 0 fully saturated rings. The molecular formula is C23H34N2O3. The Labute approximate surface area is 169 Å². The Hall–Kier alpha value is -2.30. The van der Waals surface area contributed by atoms with Gasteiger partial charge in [-0.1, -0.05) is 40.5 Å². The zero-order valence-corrected chi connectivity index (χ0v) is 18.2. The van der Waals surface area contributed by atoms with E-state index in [9.17, 15) is 0 Å². The van der Waals surface area contributed by atoms with Gasteiger partial charge in [0.25, 0.3) is 0 Å². The summed E-state index contributed by atoms with van der Waals surface area (Å²) < 4.78 is 17.2. The van der Waals surface area contributed by atoms with Crippen LogP contribution in [0.1, 0.15) is 64.8 Å². The van der Waals surface area contributed by atoms with E-state index in [1.54, 1.807) is 14.2 Å². The minimum Gasteiger partial charge on any atom is -0.497 e. The van der Waals surface area contributed by atoms with Crippen molar-refractivity contribution in [2.45, 2.75) is 72.3 Å². The van der Waals surface area contributed by atoms with Crippen LogP contribution in [0.4, 0.5) is 0 Å². The molecule has 0 atom stereocenters. The van der Waals surface area contributed by atoms with E-state index in [0.29, 0.717) is 5.88 Å². The number of rotatable bonds is 11. The zero-order valence-electron chi connectivity index (χ0n) is 18.2. The molecule has 2 rings (SSSR count). The maximum absolute atomic E-state index is 6.32. The summed E-state index contributed by atoms with van der Waals surface area (Å²) in [5.74, 6) is 2.17. The van der Waals surface area contributed by atoms with Gasteiger partial charge in [-0.2, -0.15) is 0 Å². The number of benzene rings is 1. The summed E-state index contributed by atoms with van der Waals surface area (Å²) in [5.41, 5.74) is 3.59. The third-order valence-electron chi connectivity index (χ3n) is 4.84. The first-order chi connectivity index (χ1) is 13.6. The van der Waals surface area contributed by atoms with Gasteiger partial charge in [-0.3, -0.25) is 0 Å². The number of ether oxygens (including phenoxy) is 3. The van der Waals surface area contributed by atoms with Crippen molar-refractivity contribution in [2.75, 3.05) is 14.2 Å². The van der Waals surface area contributed by atoms with Crippen molar-refractivity contribution < 1.29 is 14.2 Å². The summed E-state index contributed by atoms with van der Waals surface area (Å²) >= 11 is 0. The topological polar surface area (TPSA) is 53.5 Å². The van der Waals surface area contributed by atoms with Crippen LogP contribution in [0.25, 0.3) is 11.3 Å². The average Bonchev–Trinajstić information content (AvgIpc) is 2.73. The molecule has 0 spiro atoms. The van der Waals surface area contributed by atoms with Crippen molar-refractivity contribution in [3.8, 4) is 28.6 Å². The summed E-state index contributed by atoms with van der Waals surface area (Å²) in [6, 6.07) is 5.79. The number of hydrogen-bond donors (Lipinski definition) is 0. The number of hydrogen-bond acceptors (Lipinski definition) is 5. The molecule has 1 aromatic heterocycles. The summed E-state index contributed by atoms with van der Waals surface area (Å²) in [6.45, 7) is 8.56. The molecule has 5 heteroatoms. The van der Waals surface area contributed by atoms with Gasteiger partial charge in [-0.25, -0.2) is 9.97 Å². The lowest BCUT2D eigenvalue weighted by Crippen LogP contribution is -2.19. The molecule has 0 radical (unpaired) electrons. The zero-order chi connectivity index (χ0) is 20.5. The quantitative estimate of drug-likeness (QED) is 0.501. The van der Waals surface area contributed by atoms with Gasteiger partial charge in [0.15, 0.2) is 0 Å². The molecule has 1 aromatic carbocycles. The number of nitrogens with zero attached hydrogens (tertiary/aromatic N) is 2. The van der Waals surface area contributed by atoms with Gasteiger partial charge in [-0.05, 0) is 37.8 Å². The fourth-order valence-electron chi connectivity index (χ4n) is 3.33. The summed E-state index contributed by atoms with van der Waals surface area (Å²) in [5, 5.41) is 0. The molecule has 1 heterocycles. The van der Waals surface area contributed by atoms with E-state index in [2.05, 4.69) is 27.7 Å². The lowest BCUT2D eigenvalue weighted by Gasteiger charge is -2.21. The van der Waals surface area contributed by atoms with Gasteiger partial charge >= 0.3 is 0 Å². The summed E-state index contributed by atoms with van der Waals surface area (Å²) in [6.07, 6.45) is 6.00. The van der Waals surface area contributed by atoms with E-state index >= 15 is 0 Å². The Morgan fingerprint density at radius 3 is 2.07 bits per heavy atom. The standard InChI is InChI=1S/C23H34N2O3/c1-7-11-16(12-8-2)28-23-20(10-4)24-22(19(9-3)25-23)18-14-13-17(26-5)15-21(18)27-6/h13-16H,7-12H2,1-6H3. The fraction of sp³-hybridized carbons (Fsp3) is 0.565. The Balaban J connectivity index is 2.50. The molecule has 0 N–H and O–H groups in total. The van der Waals surface area contributed by atoms with E-state index in [-0.39, 0.29) is 6.10 Å². The number of aromatic nitrogens is 2. The molecule has 0 aliphatic heterocycles. The molecule has 28 heavy (non-hydrogen) atoms. The van der Waals surface area contributed by atoms with Crippen molar-refractivity contribution >= 4 is 0 Å². The molecule has 0 bridgehead atoms. The molecular weight excluding hydrogens is 352 g/mol. The molecule has 0 unspecified atom stereocenters. The van der Waals surface area contributed by atoms with Crippen LogP contribution in [0.5, 0.6) is 17.4 Å². The highest BCUT2D eigenvalue weighted by molar-refractivity contribution is 5.70. The van der Waals surface area contributed by atoms with Crippen molar-refractivity contribution in [3.63, 3.8) is 0 Å². The highest BCUT2D eigenvalue weighted by Gasteiger charge is 2.20. The number of methoxy groups -OCH3 is 2. The highest BCUT2D eigenvalue weighted by atomic mass is 16.5. The van der Waals surface area contributed by atoms with Crippen LogP contribution < -0.4 is 14.2 Å². The molecule has 0 saturated carbocycles. The minimum atomic E-state index is 0.195. The smallest absolute Gasteiger partial charge is 0.236 e. The predicted octanol–water partition coefficient (Wildman–Crippen LogP) is 5.63.